The molecule has 1 aliphatic rings. The summed E-state index contributed by atoms with van der Waals surface area (Å²) in [6.07, 6.45) is 6.72. The van der Waals surface area contributed by atoms with Gasteiger partial charge >= 0.3 is 0 Å². The second-order valence-electron chi connectivity index (χ2n) is 11.5. The molecule has 0 unspecified atom stereocenters. The third-order valence-corrected chi connectivity index (χ3v) is 9.35. The Kier molecular flexibility index (Phi) is 12.7. The first-order valence-corrected chi connectivity index (χ1v) is 17.1. The monoisotopic (exact) mass is 641 g/mol. The van der Waals surface area contributed by atoms with E-state index in [1.165, 1.54) is 0 Å². The van der Waals surface area contributed by atoms with E-state index in [9.17, 15) is 19.2 Å². The number of thiophene rings is 1. The summed E-state index contributed by atoms with van der Waals surface area (Å²) in [5.74, 6) is -0.364. The quantitative estimate of drug-likeness (QED) is 0.153. The molecule has 44 heavy (non-hydrogen) atoms. The van der Waals surface area contributed by atoms with Gasteiger partial charge in [0.1, 0.15) is 18.1 Å². The lowest BCUT2D eigenvalue weighted by Crippen LogP contribution is -2.42. The van der Waals surface area contributed by atoms with Gasteiger partial charge < -0.3 is 25.4 Å². The van der Waals surface area contributed by atoms with Crippen LogP contribution in [0.25, 0.3) is 10.2 Å². The predicted molar refractivity (Wildman–Crippen MR) is 177 cm³/mol. The van der Waals surface area contributed by atoms with Crippen molar-refractivity contribution in [1.82, 2.24) is 20.5 Å². The van der Waals surface area contributed by atoms with Crippen LogP contribution in [0.1, 0.15) is 74.3 Å². The number of hydrogen-bond donors (Lipinski definition) is 3. The molecule has 0 radical (unpaired) electrons. The molecule has 4 amide bonds. The molecule has 238 valence electrons. The number of nitrogens with one attached hydrogen (secondary N) is 3. The van der Waals surface area contributed by atoms with Gasteiger partial charge in [-0.15, -0.1) is 22.9 Å². The number of amides is 4. The summed E-state index contributed by atoms with van der Waals surface area (Å²) in [7, 11) is 0. The normalized spacial score (nSPS) is 16.4. The Labute approximate surface area is 268 Å². The smallest absolute Gasteiger partial charge is 0.268 e. The zero-order valence-electron chi connectivity index (χ0n) is 25.7. The zero-order chi connectivity index (χ0) is 31.5. The van der Waals surface area contributed by atoms with Crippen LogP contribution >= 0.6 is 22.9 Å². The summed E-state index contributed by atoms with van der Waals surface area (Å²) in [5, 5.41) is 11.0. The van der Waals surface area contributed by atoms with Gasteiger partial charge in [-0.1, -0.05) is 25.0 Å². The maximum absolute atomic E-state index is 13.5. The van der Waals surface area contributed by atoms with Gasteiger partial charge in [0, 0.05) is 37.3 Å². The lowest BCUT2D eigenvalue weighted by Gasteiger charge is -2.28. The van der Waals surface area contributed by atoms with E-state index < -0.39 is 0 Å². The van der Waals surface area contributed by atoms with Gasteiger partial charge in [0.25, 0.3) is 5.91 Å². The summed E-state index contributed by atoms with van der Waals surface area (Å²) >= 11 is 7.02. The first-order valence-electron chi connectivity index (χ1n) is 15.7. The van der Waals surface area contributed by atoms with Crippen LogP contribution in [0.2, 0.25) is 0 Å². The largest absolute Gasteiger partial charge is 0.356 e. The number of halogens is 1. The van der Waals surface area contributed by atoms with Crippen LogP contribution in [0.4, 0.5) is 5.69 Å². The van der Waals surface area contributed by atoms with Crippen LogP contribution in [0, 0.1) is 12.8 Å². The van der Waals surface area contributed by atoms with E-state index in [1.54, 1.807) is 16.2 Å². The topological polar surface area (TPSA) is 113 Å². The number of aromatic nitrogens is 1. The van der Waals surface area contributed by atoms with Crippen molar-refractivity contribution in [3.05, 3.63) is 53.0 Å². The molecule has 0 saturated heterocycles. The molecule has 2 heterocycles. The third-order valence-electron chi connectivity index (χ3n) is 8.26. The number of aryl methyl sites for hydroxylation is 1. The van der Waals surface area contributed by atoms with Gasteiger partial charge in [-0.3, -0.25) is 19.2 Å². The molecule has 0 spiro atoms. The van der Waals surface area contributed by atoms with Crippen molar-refractivity contribution in [3.8, 4) is 0 Å². The van der Waals surface area contributed by atoms with E-state index in [-0.39, 0.29) is 48.0 Å². The fourth-order valence-corrected chi connectivity index (χ4v) is 6.77. The molecule has 2 aromatic heterocycles. The fourth-order valence-electron chi connectivity index (χ4n) is 5.85. The summed E-state index contributed by atoms with van der Waals surface area (Å²) in [4.78, 5) is 52.6. The van der Waals surface area contributed by atoms with Crippen molar-refractivity contribution in [2.45, 2.75) is 77.8 Å². The van der Waals surface area contributed by atoms with Crippen LogP contribution < -0.4 is 20.9 Å². The molecule has 0 aliphatic heterocycles. The highest BCUT2D eigenvalue weighted by Gasteiger charge is 2.28. The van der Waals surface area contributed by atoms with Gasteiger partial charge in [0.2, 0.25) is 17.7 Å². The van der Waals surface area contributed by atoms with Crippen LogP contribution in [0.5, 0.6) is 0 Å². The first-order chi connectivity index (χ1) is 21.3. The zero-order valence-corrected chi connectivity index (χ0v) is 27.3. The fraction of sp³-hybridized carbons (Fsp3) is 0.515. The first kappa shape index (κ1) is 33.5. The molecule has 1 saturated carbocycles. The van der Waals surface area contributed by atoms with Crippen molar-refractivity contribution in [2.24, 2.45) is 5.92 Å². The summed E-state index contributed by atoms with van der Waals surface area (Å²) < 4.78 is 2.80. The Bertz CT molecular complexity index is 1430. The van der Waals surface area contributed by atoms with Crippen molar-refractivity contribution < 1.29 is 19.2 Å². The Morgan fingerprint density at radius 2 is 1.70 bits per heavy atom. The number of carbonyl (C=O) groups excluding carboxylic acids is 4. The molecule has 1 aliphatic carbocycles. The molecule has 1 fully saturated rings. The number of alkyl halides is 1. The van der Waals surface area contributed by atoms with Gasteiger partial charge in [0.15, 0.2) is 0 Å². The van der Waals surface area contributed by atoms with E-state index in [4.69, 9.17) is 11.6 Å². The van der Waals surface area contributed by atoms with Gasteiger partial charge in [-0.05, 0) is 87.6 Å². The summed E-state index contributed by atoms with van der Waals surface area (Å²) in [5.41, 5.74) is 3.30. The number of nitrogens with zero attached hydrogens (tertiary/aromatic N) is 2. The Morgan fingerprint density at radius 1 is 0.977 bits per heavy atom. The lowest BCUT2D eigenvalue weighted by atomic mass is 9.85. The number of benzene rings is 1. The molecule has 11 heteroatoms. The maximum atomic E-state index is 13.5. The summed E-state index contributed by atoms with van der Waals surface area (Å²) in [6.45, 7) is 5.84. The number of rotatable bonds is 15. The average molecular weight is 642 g/mol. The average Bonchev–Trinajstić information content (AvgIpc) is 3.61. The molecule has 4 rings (SSSR count). The van der Waals surface area contributed by atoms with Gasteiger partial charge in [0.05, 0.1) is 10.2 Å². The van der Waals surface area contributed by atoms with Gasteiger partial charge in [-0.25, -0.2) is 0 Å². The van der Waals surface area contributed by atoms with Crippen LogP contribution in [0.15, 0.2) is 41.8 Å². The highest BCUT2D eigenvalue weighted by Crippen LogP contribution is 2.28. The van der Waals surface area contributed by atoms with Crippen LogP contribution in [-0.2, 0) is 20.9 Å². The Morgan fingerprint density at radius 3 is 2.39 bits per heavy atom. The van der Waals surface area contributed by atoms with E-state index >= 15 is 0 Å². The van der Waals surface area contributed by atoms with Gasteiger partial charge in [-0.2, -0.15) is 0 Å². The Hall–Kier alpha value is -3.37. The minimum atomic E-state index is -0.185. The molecule has 1 aromatic carbocycles. The minimum Gasteiger partial charge on any atom is -0.356 e. The Balaban J connectivity index is 1.25. The van der Waals surface area contributed by atoms with Crippen molar-refractivity contribution in [1.29, 1.82) is 0 Å². The van der Waals surface area contributed by atoms with Crippen molar-refractivity contribution >= 4 is 62.5 Å². The second-order valence-corrected chi connectivity index (χ2v) is 12.7. The number of likely N-dealkylation sites (N-methyl/N-ethyl adjacent to an activating group) is 1. The molecule has 3 N–H and O–H groups in total. The van der Waals surface area contributed by atoms with Crippen LogP contribution in [-0.4, -0.2) is 59.8 Å². The second kappa shape index (κ2) is 16.6. The molecule has 0 atom stereocenters. The minimum absolute atomic E-state index is 0.0111. The van der Waals surface area contributed by atoms with Crippen molar-refractivity contribution in [3.63, 3.8) is 0 Å². The molecule has 9 nitrogen and oxygen atoms in total. The van der Waals surface area contributed by atoms with E-state index in [0.29, 0.717) is 25.3 Å². The predicted octanol–water partition coefficient (Wildman–Crippen LogP) is 5.38. The van der Waals surface area contributed by atoms with E-state index in [0.717, 1.165) is 72.8 Å². The highest BCUT2D eigenvalue weighted by molar-refractivity contribution is 7.17. The standard InChI is InChI=1S/C33H44ClN5O4S/c1-3-38(26-10-8-9-23(2)19-26)31(41)22-39-27-15-18-44-29(27)20-28(39)33(43)37-25-13-11-24(12-14-25)32(42)36-17-7-5-4-6-16-35-30(40)21-34/h8-10,15,18-20,24-25H,3-7,11-14,16-17,21-22H2,1-2H3,(H,35,40)(H,36,42)(H,37,43). The SMILES string of the molecule is CCN(C(=O)Cn1c(C(=O)NC2CCC(C(=O)NCCCCCCNC(=O)CCl)CC2)cc2sccc21)c1cccc(C)c1. The molecular formula is C33H44ClN5O4S. The molecule has 0 bridgehead atoms. The number of fused-ring (bicyclic) bond motifs is 1. The highest BCUT2D eigenvalue weighted by atomic mass is 35.5. The number of carbonyl (C=O) groups is 4. The molecule has 3 aromatic rings. The lowest BCUT2D eigenvalue weighted by molar-refractivity contribution is -0.126. The molecular weight excluding hydrogens is 598 g/mol. The van der Waals surface area contributed by atoms with Crippen LogP contribution in [0.3, 0.4) is 0 Å². The maximum Gasteiger partial charge on any atom is 0.268 e. The number of unbranched alkanes of at least 4 members (excludes halogenated alkanes) is 3. The number of hydrogen-bond acceptors (Lipinski definition) is 5. The number of anilines is 1. The third kappa shape index (κ3) is 9.08. The van der Waals surface area contributed by atoms with E-state index in [2.05, 4.69) is 16.0 Å². The van der Waals surface area contributed by atoms with E-state index in [1.807, 2.05) is 60.2 Å². The summed E-state index contributed by atoms with van der Waals surface area (Å²) in [6, 6.07) is 11.7. The van der Waals surface area contributed by atoms with Crippen molar-refractivity contribution in [2.75, 3.05) is 30.4 Å².